The van der Waals surface area contributed by atoms with Crippen molar-refractivity contribution in [3.8, 4) is 0 Å². The van der Waals surface area contributed by atoms with E-state index in [2.05, 4.69) is 27.7 Å². The van der Waals surface area contributed by atoms with Crippen molar-refractivity contribution in [1.29, 1.82) is 0 Å². The van der Waals surface area contributed by atoms with Crippen molar-refractivity contribution < 1.29 is 0 Å². The minimum absolute atomic E-state index is 0.0641. The molecule has 91 valence electrons. The van der Waals surface area contributed by atoms with Crippen LogP contribution in [-0.4, -0.2) is 24.2 Å². The Bertz CT molecular complexity index is 126. The highest BCUT2D eigenvalue weighted by molar-refractivity contribution is 4.97. The van der Waals surface area contributed by atoms with Crippen LogP contribution in [0.2, 0.25) is 0 Å². The summed E-state index contributed by atoms with van der Waals surface area (Å²) in [6.07, 6.45) is 4.01. The molecule has 0 bridgehead atoms. The maximum atomic E-state index is 5.87. The van der Waals surface area contributed by atoms with Crippen molar-refractivity contribution in [3.63, 3.8) is 0 Å². The third-order valence-corrected chi connectivity index (χ3v) is 3.87. The number of hydrogen-bond donors (Lipinski definition) is 2. The van der Waals surface area contributed by atoms with Crippen molar-refractivity contribution in [1.82, 2.24) is 5.32 Å². The third-order valence-electron chi connectivity index (χ3n) is 3.87. The van der Waals surface area contributed by atoms with Crippen LogP contribution in [0, 0.1) is 0 Å². The normalized spacial score (nSPS) is 13.2. The van der Waals surface area contributed by atoms with E-state index in [9.17, 15) is 0 Å². The Hall–Kier alpha value is -0.120. The summed E-state index contributed by atoms with van der Waals surface area (Å²) >= 11 is 0. The van der Waals surface area contributed by atoms with Gasteiger partial charge in [-0.05, 0) is 25.7 Å². The topological polar surface area (TPSA) is 66.1 Å². The zero-order valence-electron chi connectivity index (χ0n) is 10.8. The van der Waals surface area contributed by atoms with Crippen LogP contribution in [-0.2, 0) is 0 Å². The average molecular weight is 214 g/mol. The molecule has 0 aliphatic rings. The monoisotopic (exact) mass is 214 g/mol. The smallest absolute Gasteiger partial charge is 0.0480 e. The standard InChI is InChI=1S/C12H28N3/c1-5-11(6-2,9-13)15-12(7-3,8-4)10-14/h5-10,13-14H2,1-4H3. The molecule has 0 unspecified atom stereocenters. The first-order chi connectivity index (χ1) is 7.07. The van der Waals surface area contributed by atoms with Crippen LogP contribution < -0.4 is 16.8 Å². The number of nitrogens with two attached hydrogens (primary N) is 2. The SMILES string of the molecule is CCC(CC)(CN)[N]C(CC)(CC)CN. The van der Waals surface area contributed by atoms with Crippen LogP contribution in [0.1, 0.15) is 53.4 Å². The number of hydrogen-bond acceptors (Lipinski definition) is 2. The van der Waals surface area contributed by atoms with E-state index < -0.39 is 0 Å². The molecule has 0 spiro atoms. The van der Waals surface area contributed by atoms with Gasteiger partial charge in [-0.3, -0.25) is 0 Å². The second kappa shape index (κ2) is 6.46. The van der Waals surface area contributed by atoms with E-state index in [1.807, 2.05) is 0 Å². The molecule has 0 saturated carbocycles. The molecule has 4 N–H and O–H groups in total. The Kier molecular flexibility index (Phi) is 6.41. The van der Waals surface area contributed by atoms with Crippen LogP contribution >= 0.6 is 0 Å². The van der Waals surface area contributed by atoms with Gasteiger partial charge in [0.1, 0.15) is 0 Å². The minimum atomic E-state index is -0.0641. The Morgan fingerprint density at radius 3 is 1.13 bits per heavy atom. The van der Waals surface area contributed by atoms with Crippen molar-refractivity contribution >= 4 is 0 Å². The van der Waals surface area contributed by atoms with Crippen LogP contribution in [0.5, 0.6) is 0 Å². The fraction of sp³-hybridized carbons (Fsp3) is 1.00. The zero-order valence-corrected chi connectivity index (χ0v) is 10.8. The predicted octanol–water partition coefficient (Wildman–Crippen LogP) is 1.63. The number of nitrogens with zero attached hydrogens (tertiary/aromatic N) is 1. The summed E-state index contributed by atoms with van der Waals surface area (Å²) in [5.74, 6) is 0. The van der Waals surface area contributed by atoms with Gasteiger partial charge in [0.05, 0.1) is 0 Å². The molecule has 0 saturated heterocycles. The molecule has 3 nitrogen and oxygen atoms in total. The largest absolute Gasteiger partial charge is 0.329 e. The maximum Gasteiger partial charge on any atom is 0.0480 e. The first-order valence-electron chi connectivity index (χ1n) is 6.21. The quantitative estimate of drug-likeness (QED) is 0.645. The lowest BCUT2D eigenvalue weighted by Crippen LogP contribution is -2.58. The summed E-state index contributed by atoms with van der Waals surface area (Å²) in [7, 11) is 0. The molecule has 0 amide bonds. The van der Waals surface area contributed by atoms with Gasteiger partial charge < -0.3 is 11.5 Å². The second-order valence-corrected chi connectivity index (χ2v) is 4.38. The Morgan fingerprint density at radius 2 is 1.00 bits per heavy atom. The van der Waals surface area contributed by atoms with Crippen LogP contribution in [0.4, 0.5) is 0 Å². The molecule has 0 aromatic heterocycles. The van der Waals surface area contributed by atoms with Gasteiger partial charge in [-0.1, -0.05) is 27.7 Å². The molecule has 3 heteroatoms. The first kappa shape index (κ1) is 14.9. The molecule has 0 aromatic carbocycles. The molecule has 0 rings (SSSR count). The summed E-state index contributed by atoms with van der Waals surface area (Å²) in [6.45, 7) is 9.89. The lowest BCUT2D eigenvalue weighted by Gasteiger charge is -2.41. The van der Waals surface area contributed by atoms with Gasteiger partial charge in [-0.25, -0.2) is 5.32 Å². The molecule has 0 aromatic rings. The molecule has 1 radical (unpaired) electrons. The van der Waals surface area contributed by atoms with E-state index in [-0.39, 0.29) is 11.1 Å². The van der Waals surface area contributed by atoms with Crippen LogP contribution in [0.15, 0.2) is 0 Å². The highest BCUT2D eigenvalue weighted by Gasteiger charge is 2.36. The molecule has 0 fully saturated rings. The Balaban J connectivity index is 4.74. The van der Waals surface area contributed by atoms with Gasteiger partial charge in [-0.15, -0.1) is 0 Å². The van der Waals surface area contributed by atoms with Gasteiger partial charge in [0, 0.05) is 24.2 Å². The van der Waals surface area contributed by atoms with E-state index in [1.54, 1.807) is 0 Å². The Morgan fingerprint density at radius 1 is 0.733 bits per heavy atom. The van der Waals surface area contributed by atoms with Gasteiger partial charge in [0.15, 0.2) is 0 Å². The zero-order chi connectivity index (χ0) is 11.9. The van der Waals surface area contributed by atoms with Crippen LogP contribution in [0.3, 0.4) is 0 Å². The van der Waals surface area contributed by atoms with Gasteiger partial charge in [-0.2, -0.15) is 0 Å². The molecule has 0 aliphatic heterocycles. The summed E-state index contributed by atoms with van der Waals surface area (Å²) in [6, 6.07) is 0. The molecule has 0 heterocycles. The van der Waals surface area contributed by atoms with E-state index in [0.717, 1.165) is 25.7 Å². The first-order valence-corrected chi connectivity index (χ1v) is 6.21. The minimum Gasteiger partial charge on any atom is -0.329 e. The summed E-state index contributed by atoms with van der Waals surface area (Å²) in [5.41, 5.74) is 11.6. The van der Waals surface area contributed by atoms with E-state index in [1.165, 1.54) is 0 Å². The molecular formula is C12H28N3. The Labute approximate surface area is 95.0 Å². The average Bonchev–Trinajstić information content (AvgIpc) is 2.33. The highest BCUT2D eigenvalue weighted by atomic mass is 15.1. The van der Waals surface area contributed by atoms with E-state index in [0.29, 0.717) is 13.1 Å². The van der Waals surface area contributed by atoms with Crippen LogP contribution in [0.25, 0.3) is 0 Å². The predicted molar refractivity (Wildman–Crippen MR) is 66.9 cm³/mol. The second-order valence-electron chi connectivity index (χ2n) is 4.38. The lowest BCUT2D eigenvalue weighted by atomic mass is 9.84. The molecule has 0 atom stereocenters. The fourth-order valence-electron chi connectivity index (χ4n) is 1.99. The van der Waals surface area contributed by atoms with Crippen molar-refractivity contribution in [2.45, 2.75) is 64.5 Å². The number of rotatable bonds is 8. The van der Waals surface area contributed by atoms with Crippen molar-refractivity contribution in [2.75, 3.05) is 13.1 Å². The van der Waals surface area contributed by atoms with Gasteiger partial charge in [0.25, 0.3) is 0 Å². The molecular weight excluding hydrogens is 186 g/mol. The summed E-state index contributed by atoms with van der Waals surface area (Å²) in [5, 5.41) is 5.00. The molecule has 15 heavy (non-hydrogen) atoms. The third kappa shape index (κ3) is 3.44. The van der Waals surface area contributed by atoms with Gasteiger partial charge >= 0.3 is 0 Å². The lowest BCUT2D eigenvalue weighted by molar-refractivity contribution is 0.179. The van der Waals surface area contributed by atoms with E-state index >= 15 is 0 Å². The maximum absolute atomic E-state index is 5.87. The van der Waals surface area contributed by atoms with Crippen molar-refractivity contribution in [3.05, 3.63) is 0 Å². The molecule has 0 aliphatic carbocycles. The fourth-order valence-corrected chi connectivity index (χ4v) is 1.99. The van der Waals surface area contributed by atoms with E-state index in [4.69, 9.17) is 16.8 Å². The van der Waals surface area contributed by atoms with Crippen molar-refractivity contribution in [2.24, 2.45) is 11.5 Å². The summed E-state index contributed by atoms with van der Waals surface area (Å²) < 4.78 is 0. The summed E-state index contributed by atoms with van der Waals surface area (Å²) in [4.78, 5) is 0. The highest BCUT2D eigenvalue weighted by Crippen LogP contribution is 2.25. The van der Waals surface area contributed by atoms with Gasteiger partial charge in [0.2, 0.25) is 0 Å².